The Hall–Kier alpha value is -4.37. The zero-order valence-corrected chi connectivity index (χ0v) is 19.9. The van der Waals surface area contributed by atoms with Crippen LogP contribution in [0.2, 0.25) is 5.02 Å². The molecule has 0 spiro atoms. The summed E-state index contributed by atoms with van der Waals surface area (Å²) in [5, 5.41) is 6.55. The van der Waals surface area contributed by atoms with E-state index in [1.165, 1.54) is 32.6 Å². The minimum absolute atomic E-state index is 0.217. The minimum Gasteiger partial charge on any atom is -0.495 e. The Bertz CT molecular complexity index is 1270. The Balaban J connectivity index is 1.62. The third kappa shape index (κ3) is 6.81. The van der Waals surface area contributed by atoms with Gasteiger partial charge in [-0.2, -0.15) is 5.10 Å². The summed E-state index contributed by atoms with van der Waals surface area (Å²) in [4.78, 5) is 36.6. The van der Waals surface area contributed by atoms with Crippen LogP contribution in [0.4, 0.5) is 5.69 Å². The number of hydrazone groups is 1. The molecule has 0 atom stereocenters. The van der Waals surface area contributed by atoms with Crippen molar-refractivity contribution in [3.8, 4) is 17.2 Å². The molecule has 2 amide bonds. The monoisotopic (exact) mass is 495 g/mol. The molecule has 0 aliphatic carbocycles. The Morgan fingerprint density at radius 1 is 0.857 bits per heavy atom. The van der Waals surface area contributed by atoms with Crippen molar-refractivity contribution in [2.24, 2.45) is 5.10 Å². The van der Waals surface area contributed by atoms with Crippen molar-refractivity contribution in [2.75, 3.05) is 19.5 Å². The number of amides is 2. The van der Waals surface area contributed by atoms with E-state index in [4.69, 9.17) is 25.8 Å². The molecule has 35 heavy (non-hydrogen) atoms. The smallest absolute Gasteiger partial charge is 0.343 e. The van der Waals surface area contributed by atoms with E-state index < -0.39 is 17.8 Å². The average molecular weight is 496 g/mol. The lowest BCUT2D eigenvalue weighted by atomic mass is 10.1. The molecule has 0 aliphatic rings. The van der Waals surface area contributed by atoms with E-state index >= 15 is 0 Å². The number of carbonyl (C=O) groups is 3. The van der Waals surface area contributed by atoms with Crippen LogP contribution in [0.25, 0.3) is 0 Å². The van der Waals surface area contributed by atoms with Gasteiger partial charge in [0.15, 0.2) is 11.5 Å². The second kappa shape index (κ2) is 11.7. The molecule has 0 fully saturated rings. The molecule has 3 rings (SSSR count). The highest BCUT2D eigenvalue weighted by Gasteiger charge is 2.16. The normalized spacial score (nSPS) is 10.5. The average Bonchev–Trinajstić information content (AvgIpc) is 2.85. The van der Waals surface area contributed by atoms with Gasteiger partial charge in [-0.3, -0.25) is 9.59 Å². The molecule has 0 aliphatic heterocycles. The standard InChI is InChI=1S/C25H22ClN3O6/c1-15-4-7-17(8-5-15)25(32)35-21-10-6-16(12-22(21)34-3)14-27-29-24(31)23(30)28-19-13-18(26)9-11-20(19)33-2/h4-14H,1-3H3,(H,28,30)(H,29,31). The summed E-state index contributed by atoms with van der Waals surface area (Å²) in [7, 11) is 2.85. The van der Waals surface area contributed by atoms with Crippen LogP contribution in [0.15, 0.2) is 65.8 Å². The molecule has 0 bridgehead atoms. The quantitative estimate of drug-likeness (QED) is 0.168. The van der Waals surface area contributed by atoms with E-state index in [1.54, 1.807) is 36.4 Å². The van der Waals surface area contributed by atoms with Gasteiger partial charge in [0.25, 0.3) is 0 Å². The summed E-state index contributed by atoms with van der Waals surface area (Å²) in [5.74, 6) is -1.65. The van der Waals surface area contributed by atoms with Gasteiger partial charge in [-0.15, -0.1) is 0 Å². The number of benzene rings is 3. The first-order valence-electron chi connectivity index (χ1n) is 10.3. The second-order valence-corrected chi connectivity index (χ2v) is 7.60. The molecule has 3 aromatic carbocycles. The Kier molecular flexibility index (Phi) is 8.42. The second-order valence-electron chi connectivity index (χ2n) is 7.16. The molecule has 180 valence electrons. The van der Waals surface area contributed by atoms with Crippen LogP contribution in [0.5, 0.6) is 17.2 Å². The number of methoxy groups -OCH3 is 2. The zero-order valence-electron chi connectivity index (χ0n) is 19.1. The maximum absolute atomic E-state index is 12.4. The molecule has 3 aromatic rings. The SMILES string of the molecule is COc1ccc(Cl)cc1NC(=O)C(=O)NN=Cc1ccc(OC(=O)c2ccc(C)cc2)c(OC)c1. The van der Waals surface area contributed by atoms with Crippen LogP contribution in [0, 0.1) is 6.92 Å². The van der Waals surface area contributed by atoms with Crippen molar-refractivity contribution in [2.45, 2.75) is 6.92 Å². The molecule has 0 unspecified atom stereocenters. The Morgan fingerprint density at radius 3 is 2.23 bits per heavy atom. The third-order valence-corrected chi connectivity index (χ3v) is 4.91. The highest BCUT2D eigenvalue weighted by atomic mass is 35.5. The molecule has 0 aromatic heterocycles. The van der Waals surface area contributed by atoms with Gasteiger partial charge in [0.2, 0.25) is 0 Å². The van der Waals surface area contributed by atoms with Crippen LogP contribution in [-0.4, -0.2) is 38.2 Å². The Morgan fingerprint density at radius 2 is 1.54 bits per heavy atom. The number of carbonyl (C=O) groups excluding carboxylic acids is 3. The summed E-state index contributed by atoms with van der Waals surface area (Å²) in [6, 6.07) is 16.3. The van der Waals surface area contributed by atoms with E-state index in [9.17, 15) is 14.4 Å². The molecule has 0 saturated heterocycles. The first-order valence-corrected chi connectivity index (χ1v) is 10.6. The van der Waals surface area contributed by atoms with E-state index in [0.29, 0.717) is 21.9 Å². The van der Waals surface area contributed by atoms with Crippen LogP contribution in [-0.2, 0) is 9.59 Å². The molecule has 0 radical (unpaired) electrons. The van der Waals surface area contributed by atoms with E-state index in [-0.39, 0.29) is 17.2 Å². The number of anilines is 1. The highest BCUT2D eigenvalue weighted by molar-refractivity contribution is 6.40. The number of esters is 1. The fourth-order valence-electron chi connectivity index (χ4n) is 2.87. The van der Waals surface area contributed by atoms with Crippen molar-refractivity contribution in [3.63, 3.8) is 0 Å². The van der Waals surface area contributed by atoms with E-state index in [2.05, 4.69) is 15.8 Å². The highest BCUT2D eigenvalue weighted by Crippen LogP contribution is 2.29. The number of aryl methyl sites for hydroxylation is 1. The van der Waals surface area contributed by atoms with Crippen molar-refractivity contribution >= 4 is 41.3 Å². The summed E-state index contributed by atoms with van der Waals surface area (Å²) < 4.78 is 15.8. The minimum atomic E-state index is -1.00. The van der Waals surface area contributed by atoms with Crippen molar-refractivity contribution in [1.82, 2.24) is 5.43 Å². The third-order valence-electron chi connectivity index (χ3n) is 4.67. The number of hydrogen-bond donors (Lipinski definition) is 2. The maximum atomic E-state index is 12.4. The van der Waals surface area contributed by atoms with Crippen LogP contribution >= 0.6 is 11.6 Å². The molecule has 0 saturated carbocycles. The van der Waals surface area contributed by atoms with E-state index in [0.717, 1.165) is 5.56 Å². The van der Waals surface area contributed by atoms with Crippen LogP contribution < -0.4 is 25.0 Å². The number of ether oxygens (including phenoxy) is 3. The number of halogens is 1. The van der Waals surface area contributed by atoms with Gasteiger partial charge in [-0.05, 0) is 61.0 Å². The lowest BCUT2D eigenvalue weighted by Crippen LogP contribution is -2.32. The summed E-state index contributed by atoms with van der Waals surface area (Å²) >= 11 is 5.92. The van der Waals surface area contributed by atoms with Gasteiger partial charge in [0.05, 0.1) is 31.7 Å². The molecular weight excluding hydrogens is 474 g/mol. The van der Waals surface area contributed by atoms with Crippen molar-refractivity contribution in [3.05, 3.63) is 82.4 Å². The van der Waals surface area contributed by atoms with E-state index in [1.807, 2.05) is 19.1 Å². The number of rotatable bonds is 7. The van der Waals surface area contributed by atoms with Gasteiger partial charge in [0.1, 0.15) is 5.75 Å². The summed E-state index contributed by atoms with van der Waals surface area (Å²) in [5.41, 5.74) is 4.32. The fourth-order valence-corrected chi connectivity index (χ4v) is 3.04. The number of nitrogens with one attached hydrogen (secondary N) is 2. The molecular formula is C25H22ClN3O6. The van der Waals surface area contributed by atoms with Crippen molar-refractivity contribution < 1.29 is 28.6 Å². The van der Waals surface area contributed by atoms with Crippen LogP contribution in [0.1, 0.15) is 21.5 Å². The van der Waals surface area contributed by atoms with Gasteiger partial charge in [-0.1, -0.05) is 29.3 Å². The first kappa shape index (κ1) is 25.3. The van der Waals surface area contributed by atoms with Gasteiger partial charge >= 0.3 is 17.8 Å². The zero-order chi connectivity index (χ0) is 25.4. The fraction of sp³-hybridized carbons (Fsp3) is 0.120. The summed E-state index contributed by atoms with van der Waals surface area (Å²) in [6.45, 7) is 1.92. The first-order chi connectivity index (χ1) is 16.8. The molecule has 2 N–H and O–H groups in total. The Labute approximate surface area is 206 Å². The predicted octanol–water partition coefficient (Wildman–Crippen LogP) is 3.97. The van der Waals surface area contributed by atoms with Gasteiger partial charge in [-0.25, -0.2) is 10.2 Å². The molecule has 9 nitrogen and oxygen atoms in total. The maximum Gasteiger partial charge on any atom is 0.343 e. The lowest BCUT2D eigenvalue weighted by molar-refractivity contribution is -0.136. The lowest BCUT2D eigenvalue weighted by Gasteiger charge is -2.10. The van der Waals surface area contributed by atoms with Gasteiger partial charge in [0, 0.05) is 5.02 Å². The number of nitrogens with zero attached hydrogens (tertiary/aromatic N) is 1. The van der Waals surface area contributed by atoms with Crippen molar-refractivity contribution in [1.29, 1.82) is 0 Å². The largest absolute Gasteiger partial charge is 0.495 e. The summed E-state index contributed by atoms with van der Waals surface area (Å²) in [6.07, 6.45) is 1.30. The topological polar surface area (TPSA) is 115 Å². The van der Waals surface area contributed by atoms with Crippen LogP contribution in [0.3, 0.4) is 0 Å². The van der Waals surface area contributed by atoms with Gasteiger partial charge < -0.3 is 19.5 Å². The molecule has 0 heterocycles. The molecule has 10 heteroatoms. The predicted molar refractivity (Wildman–Crippen MR) is 132 cm³/mol. The number of hydrogen-bond acceptors (Lipinski definition) is 7.